The van der Waals surface area contributed by atoms with Gasteiger partial charge in [0, 0.05) is 16.3 Å². The van der Waals surface area contributed by atoms with Crippen molar-refractivity contribution < 1.29 is 14.0 Å². The molecule has 0 aliphatic carbocycles. The number of nitrogens with one attached hydrogen (secondary N) is 2. The molecule has 0 atom stereocenters. The van der Waals surface area contributed by atoms with Crippen molar-refractivity contribution in [3.8, 4) is 0 Å². The van der Waals surface area contributed by atoms with Gasteiger partial charge in [0.1, 0.15) is 5.82 Å². The van der Waals surface area contributed by atoms with Crippen LogP contribution >= 0.6 is 11.8 Å². The summed E-state index contributed by atoms with van der Waals surface area (Å²) in [5.41, 5.74) is 3.64. The molecule has 3 aromatic rings. The minimum atomic E-state index is -0.563. The van der Waals surface area contributed by atoms with E-state index in [2.05, 4.69) is 10.6 Å². The molecule has 0 heterocycles. The van der Waals surface area contributed by atoms with Crippen LogP contribution in [-0.2, 0) is 4.79 Å². The van der Waals surface area contributed by atoms with E-state index in [9.17, 15) is 14.0 Å². The Bertz CT molecular complexity index is 1040. The Balaban J connectivity index is 1.52. The molecule has 0 saturated carbocycles. The van der Waals surface area contributed by atoms with Crippen LogP contribution in [0.2, 0.25) is 0 Å². The molecule has 0 aliphatic heterocycles. The second-order valence-corrected chi connectivity index (χ2v) is 7.64. The van der Waals surface area contributed by atoms with Gasteiger partial charge in [-0.05, 0) is 73.5 Å². The van der Waals surface area contributed by atoms with Crippen molar-refractivity contribution in [3.63, 3.8) is 0 Å². The summed E-state index contributed by atoms with van der Waals surface area (Å²) in [5.74, 6) is -0.883. The van der Waals surface area contributed by atoms with E-state index in [4.69, 9.17) is 0 Å². The summed E-state index contributed by atoms with van der Waals surface area (Å²) in [7, 11) is 0. The smallest absolute Gasteiger partial charge is 0.258 e. The van der Waals surface area contributed by atoms with Crippen molar-refractivity contribution in [1.82, 2.24) is 0 Å². The molecule has 0 radical (unpaired) electrons. The zero-order valence-corrected chi connectivity index (χ0v) is 17.0. The summed E-state index contributed by atoms with van der Waals surface area (Å²) in [5, 5.41) is 5.55. The van der Waals surface area contributed by atoms with Crippen LogP contribution in [0.15, 0.2) is 71.6 Å². The molecule has 0 unspecified atom stereocenters. The maximum Gasteiger partial charge on any atom is 0.258 e. The second-order valence-electron chi connectivity index (χ2n) is 6.59. The Labute approximate surface area is 173 Å². The van der Waals surface area contributed by atoms with Gasteiger partial charge in [-0.3, -0.25) is 9.59 Å². The fourth-order valence-corrected chi connectivity index (χ4v) is 3.34. The van der Waals surface area contributed by atoms with Crippen LogP contribution in [0.1, 0.15) is 21.5 Å². The summed E-state index contributed by atoms with van der Waals surface area (Å²) >= 11 is 1.40. The van der Waals surface area contributed by atoms with E-state index in [1.165, 1.54) is 35.5 Å². The number of halogens is 1. The van der Waals surface area contributed by atoms with E-state index in [0.29, 0.717) is 5.69 Å². The van der Waals surface area contributed by atoms with Crippen LogP contribution in [0.3, 0.4) is 0 Å². The molecule has 2 N–H and O–H groups in total. The summed E-state index contributed by atoms with van der Waals surface area (Å²) in [6.07, 6.45) is 0. The SMILES string of the molecule is Cc1ccc(NC(=O)CSc2ccc(NC(=O)c3ccccc3F)cc2)cc1C. The van der Waals surface area contributed by atoms with Gasteiger partial charge < -0.3 is 10.6 Å². The summed E-state index contributed by atoms with van der Waals surface area (Å²) in [4.78, 5) is 25.2. The van der Waals surface area contributed by atoms with Crippen LogP contribution in [0.4, 0.5) is 15.8 Å². The zero-order valence-electron chi connectivity index (χ0n) is 16.2. The molecule has 0 fully saturated rings. The minimum Gasteiger partial charge on any atom is -0.325 e. The molecule has 3 rings (SSSR count). The van der Waals surface area contributed by atoms with Crippen LogP contribution in [0, 0.1) is 19.7 Å². The van der Waals surface area contributed by atoms with Crippen molar-refractivity contribution in [2.24, 2.45) is 0 Å². The van der Waals surface area contributed by atoms with Gasteiger partial charge in [-0.1, -0.05) is 18.2 Å². The Morgan fingerprint density at radius 1 is 0.862 bits per heavy atom. The van der Waals surface area contributed by atoms with Crippen LogP contribution in [-0.4, -0.2) is 17.6 Å². The second kappa shape index (κ2) is 9.39. The lowest BCUT2D eigenvalue weighted by Gasteiger charge is -2.09. The highest BCUT2D eigenvalue weighted by atomic mass is 32.2. The van der Waals surface area contributed by atoms with Crippen molar-refractivity contribution in [2.45, 2.75) is 18.7 Å². The third kappa shape index (κ3) is 5.68. The quantitative estimate of drug-likeness (QED) is 0.535. The summed E-state index contributed by atoms with van der Waals surface area (Å²) in [6.45, 7) is 4.03. The Kier molecular flexibility index (Phi) is 6.67. The number of carbonyl (C=O) groups is 2. The maximum atomic E-state index is 13.7. The van der Waals surface area contributed by atoms with Gasteiger partial charge in [-0.2, -0.15) is 0 Å². The molecular weight excluding hydrogens is 387 g/mol. The molecule has 4 nitrogen and oxygen atoms in total. The topological polar surface area (TPSA) is 58.2 Å². The van der Waals surface area contributed by atoms with Crippen molar-refractivity contribution in [3.05, 3.63) is 89.2 Å². The lowest BCUT2D eigenvalue weighted by molar-refractivity contribution is -0.113. The van der Waals surface area contributed by atoms with E-state index < -0.39 is 11.7 Å². The van der Waals surface area contributed by atoms with Crippen LogP contribution in [0.25, 0.3) is 0 Å². The lowest BCUT2D eigenvalue weighted by atomic mass is 10.1. The molecule has 29 heavy (non-hydrogen) atoms. The van der Waals surface area contributed by atoms with Gasteiger partial charge in [0.25, 0.3) is 5.91 Å². The Hall–Kier alpha value is -3.12. The van der Waals surface area contributed by atoms with Gasteiger partial charge >= 0.3 is 0 Å². The average Bonchev–Trinajstić information content (AvgIpc) is 2.70. The number of rotatable bonds is 6. The molecule has 3 aromatic carbocycles. The van der Waals surface area contributed by atoms with Crippen molar-refractivity contribution >= 4 is 35.0 Å². The van der Waals surface area contributed by atoms with Crippen molar-refractivity contribution in [1.29, 1.82) is 0 Å². The molecule has 6 heteroatoms. The molecule has 0 aromatic heterocycles. The molecule has 0 spiro atoms. The number of hydrogen-bond acceptors (Lipinski definition) is 3. The maximum absolute atomic E-state index is 13.7. The number of hydrogen-bond donors (Lipinski definition) is 2. The zero-order chi connectivity index (χ0) is 20.8. The van der Waals surface area contributed by atoms with E-state index in [-0.39, 0.29) is 17.2 Å². The highest BCUT2D eigenvalue weighted by Gasteiger charge is 2.11. The summed E-state index contributed by atoms with van der Waals surface area (Å²) < 4.78 is 13.7. The molecule has 0 aliphatic rings. The number of carbonyl (C=O) groups excluding carboxylic acids is 2. The number of thioether (sulfide) groups is 1. The Morgan fingerprint density at radius 3 is 2.24 bits per heavy atom. The number of anilines is 2. The highest BCUT2D eigenvalue weighted by Crippen LogP contribution is 2.22. The molecule has 0 saturated heterocycles. The van der Waals surface area contributed by atoms with Crippen LogP contribution in [0.5, 0.6) is 0 Å². The number of amides is 2. The molecule has 148 valence electrons. The van der Waals surface area contributed by atoms with E-state index in [0.717, 1.165) is 16.1 Å². The van der Waals surface area contributed by atoms with Gasteiger partial charge in [0.15, 0.2) is 0 Å². The fourth-order valence-electron chi connectivity index (χ4n) is 2.64. The van der Waals surface area contributed by atoms with Crippen molar-refractivity contribution in [2.75, 3.05) is 16.4 Å². The standard InChI is InChI=1S/C23H21FN2O2S/c1-15-7-8-18(13-16(15)2)25-22(27)14-29-19-11-9-17(10-12-19)26-23(28)20-5-3-4-6-21(20)24/h3-13H,14H2,1-2H3,(H,25,27)(H,26,28). The van der Waals surface area contributed by atoms with E-state index in [1.54, 1.807) is 18.2 Å². The largest absolute Gasteiger partial charge is 0.325 e. The first-order valence-electron chi connectivity index (χ1n) is 9.08. The predicted octanol–water partition coefficient (Wildman–Crippen LogP) is 5.43. The van der Waals surface area contributed by atoms with E-state index in [1.807, 2.05) is 44.2 Å². The highest BCUT2D eigenvalue weighted by molar-refractivity contribution is 8.00. The van der Waals surface area contributed by atoms with E-state index >= 15 is 0 Å². The number of benzene rings is 3. The third-order valence-corrected chi connectivity index (χ3v) is 5.40. The lowest BCUT2D eigenvalue weighted by Crippen LogP contribution is -2.14. The van der Waals surface area contributed by atoms with Gasteiger partial charge in [-0.15, -0.1) is 11.8 Å². The Morgan fingerprint density at radius 2 is 1.55 bits per heavy atom. The normalized spacial score (nSPS) is 10.4. The molecule has 0 bridgehead atoms. The molecular formula is C23H21FN2O2S. The van der Waals surface area contributed by atoms with Crippen LogP contribution < -0.4 is 10.6 Å². The first-order valence-corrected chi connectivity index (χ1v) is 10.1. The molecule has 2 amide bonds. The van der Waals surface area contributed by atoms with Gasteiger partial charge in [0.05, 0.1) is 11.3 Å². The first kappa shape index (κ1) is 20.6. The fraction of sp³-hybridized carbons (Fsp3) is 0.130. The first-order chi connectivity index (χ1) is 13.9. The van der Waals surface area contributed by atoms with Gasteiger partial charge in [0.2, 0.25) is 5.91 Å². The van der Waals surface area contributed by atoms with Gasteiger partial charge in [-0.25, -0.2) is 4.39 Å². The summed E-state index contributed by atoms with van der Waals surface area (Å²) in [6, 6.07) is 18.7. The average molecular weight is 408 g/mol. The number of aryl methyl sites for hydroxylation is 2. The minimum absolute atomic E-state index is 0.00559. The predicted molar refractivity (Wildman–Crippen MR) is 116 cm³/mol. The third-order valence-electron chi connectivity index (χ3n) is 4.39. The monoisotopic (exact) mass is 408 g/mol.